The molecule has 3 nitrogen and oxygen atoms in total. The Morgan fingerprint density at radius 2 is 1.47 bits per heavy atom. The van der Waals surface area contributed by atoms with E-state index >= 15 is 0 Å². The monoisotopic (exact) mass is 428 g/mol. The van der Waals surface area contributed by atoms with Gasteiger partial charge in [0.25, 0.3) is 0 Å². The van der Waals surface area contributed by atoms with Crippen LogP contribution < -0.4 is 4.74 Å². The Labute approximate surface area is 175 Å². The van der Waals surface area contributed by atoms with Crippen LogP contribution in [0, 0.1) is 0 Å². The normalized spacial score (nSPS) is 12.5. The molecule has 0 saturated heterocycles. The molecule has 0 amide bonds. The van der Waals surface area contributed by atoms with Crippen LogP contribution in [0.15, 0.2) is 34.7 Å². The molecule has 0 fully saturated rings. The first-order valence-electron chi connectivity index (χ1n) is 9.42. The van der Waals surface area contributed by atoms with Crippen molar-refractivity contribution in [1.82, 2.24) is 0 Å². The summed E-state index contributed by atoms with van der Waals surface area (Å²) in [5.74, 6) is 2.36. The number of aromatic hydroxyl groups is 1. The number of hydrogen-bond donors (Lipinski definition) is 1. The van der Waals surface area contributed by atoms with Gasteiger partial charge >= 0.3 is 18.8 Å². The average molecular weight is 428 g/mol. The van der Waals surface area contributed by atoms with Crippen molar-refractivity contribution in [2.24, 2.45) is 0 Å². The zero-order valence-corrected chi connectivity index (χ0v) is 18.4. The van der Waals surface area contributed by atoms with Crippen LogP contribution in [-0.4, -0.2) is 19.5 Å². The first-order chi connectivity index (χ1) is 13.5. The number of hydrogen-bond acceptors (Lipinski definition) is 2. The van der Waals surface area contributed by atoms with E-state index in [0.29, 0.717) is 5.75 Å². The van der Waals surface area contributed by atoms with Gasteiger partial charge in [-0.25, -0.2) is 4.42 Å². The molecular weight excluding hydrogens is 399 g/mol. The van der Waals surface area contributed by atoms with Crippen molar-refractivity contribution < 1.29 is 31.5 Å². The van der Waals surface area contributed by atoms with Crippen LogP contribution in [0.4, 0.5) is 17.3 Å². The van der Waals surface area contributed by atoms with Gasteiger partial charge in [-0.05, 0) is 55.5 Å². The van der Waals surface area contributed by atoms with E-state index < -0.39 is 7.25 Å². The van der Waals surface area contributed by atoms with Crippen molar-refractivity contribution in [3.05, 3.63) is 53.0 Å². The molecule has 1 N–H and O–H groups in total. The maximum Gasteiger partial charge on any atom is 0.673 e. The highest BCUT2D eigenvalue weighted by Gasteiger charge is 2.30. The third kappa shape index (κ3) is 8.88. The summed E-state index contributed by atoms with van der Waals surface area (Å²) < 4.78 is 50.3. The summed E-state index contributed by atoms with van der Waals surface area (Å²) >= 11 is 0. The van der Waals surface area contributed by atoms with Crippen LogP contribution in [0.1, 0.15) is 64.2 Å². The summed E-state index contributed by atoms with van der Waals surface area (Å²) in [4.78, 5) is 0. The van der Waals surface area contributed by atoms with Crippen molar-refractivity contribution in [1.29, 1.82) is 0 Å². The molecular formula is C22H29BF4O3. The van der Waals surface area contributed by atoms with Crippen LogP contribution in [0.5, 0.6) is 11.5 Å². The van der Waals surface area contributed by atoms with Gasteiger partial charge in [-0.3, -0.25) is 0 Å². The topological polar surface area (TPSA) is 40.8 Å². The van der Waals surface area contributed by atoms with Gasteiger partial charge in [-0.2, -0.15) is 0 Å². The summed E-state index contributed by atoms with van der Waals surface area (Å²) in [7, 11) is -4.46. The molecule has 1 aromatic carbocycles. The first kappa shape index (κ1) is 25.5. The summed E-state index contributed by atoms with van der Waals surface area (Å²) in [6, 6.07) is 9.50. The van der Waals surface area contributed by atoms with E-state index in [1.807, 2.05) is 18.2 Å². The minimum atomic E-state index is -6.00. The molecule has 0 aliphatic rings. The predicted molar refractivity (Wildman–Crippen MR) is 114 cm³/mol. The number of phenolic OH excluding ortho intramolecular Hbond substituents is 1. The van der Waals surface area contributed by atoms with Gasteiger partial charge in [0, 0.05) is 18.2 Å². The molecule has 0 aliphatic carbocycles. The number of benzene rings is 1. The fraction of sp³-hybridized carbons (Fsp3) is 0.409. The summed E-state index contributed by atoms with van der Waals surface area (Å²) in [5.41, 5.74) is 2.15. The zero-order chi connectivity index (χ0) is 23.3. The Kier molecular flexibility index (Phi) is 8.12. The fourth-order valence-electron chi connectivity index (χ4n) is 2.38. The van der Waals surface area contributed by atoms with E-state index in [0.717, 1.165) is 17.1 Å². The van der Waals surface area contributed by atoms with E-state index in [9.17, 15) is 22.4 Å². The van der Waals surface area contributed by atoms with E-state index in [4.69, 9.17) is 9.15 Å². The van der Waals surface area contributed by atoms with Gasteiger partial charge in [-0.15, -0.1) is 0 Å². The molecule has 0 saturated carbocycles. The number of phenols is 1. The van der Waals surface area contributed by atoms with Crippen molar-refractivity contribution in [2.45, 2.75) is 52.4 Å². The minimum absolute atomic E-state index is 0.0428. The lowest BCUT2D eigenvalue weighted by atomic mass is 9.84. The molecule has 1 heterocycles. The van der Waals surface area contributed by atoms with Gasteiger partial charge in [0.05, 0.1) is 12.5 Å². The molecule has 0 aliphatic heterocycles. The molecule has 2 rings (SSSR count). The molecule has 2 aromatic rings. The Bertz CT molecular complexity index is 841. The van der Waals surface area contributed by atoms with Gasteiger partial charge in [0.1, 0.15) is 0 Å². The number of rotatable bonds is 3. The third-order valence-corrected chi connectivity index (χ3v) is 4.06. The molecule has 0 bridgehead atoms. The van der Waals surface area contributed by atoms with E-state index in [-0.39, 0.29) is 16.6 Å². The zero-order valence-electron chi connectivity index (χ0n) is 18.4. The quantitative estimate of drug-likeness (QED) is 0.316. The SMILES string of the molecule is COc1cc(C=Cc2cc(C(C)(C)C)cc(C(C)(C)C)[o+]2)ccc1O.F[B-](F)(F)F. The van der Waals surface area contributed by atoms with Crippen LogP contribution in [-0.2, 0) is 10.8 Å². The van der Waals surface area contributed by atoms with Crippen molar-refractivity contribution in [3.63, 3.8) is 0 Å². The second kappa shape index (κ2) is 9.54. The largest absolute Gasteiger partial charge is 0.673 e. The Morgan fingerprint density at radius 3 is 1.93 bits per heavy atom. The highest BCUT2D eigenvalue weighted by molar-refractivity contribution is 6.50. The highest BCUT2D eigenvalue weighted by Crippen LogP contribution is 2.31. The first-order valence-corrected chi connectivity index (χ1v) is 9.42. The molecule has 0 unspecified atom stereocenters. The lowest BCUT2D eigenvalue weighted by Gasteiger charge is -2.19. The summed E-state index contributed by atoms with van der Waals surface area (Å²) in [6.07, 6.45) is 3.91. The summed E-state index contributed by atoms with van der Waals surface area (Å²) in [6.45, 7) is 13.1. The van der Waals surface area contributed by atoms with Gasteiger partial charge in [-0.1, -0.05) is 26.8 Å². The Hall–Kier alpha value is -2.51. The van der Waals surface area contributed by atoms with E-state index in [1.165, 1.54) is 5.56 Å². The average Bonchev–Trinajstić information content (AvgIpc) is 2.58. The van der Waals surface area contributed by atoms with E-state index in [1.54, 1.807) is 19.2 Å². The standard InChI is InChI=1S/C22H28O3.BF4/c1-21(2,3)16-13-17(25-20(14-16)22(4,5)6)10-8-15-9-11-18(23)19(12-15)24-7;2-1(3,4)5/h8-14H,1-7H3;/q;-1/p+1. The second-order valence-electron chi connectivity index (χ2n) is 8.87. The van der Waals surface area contributed by atoms with Crippen molar-refractivity contribution in [3.8, 4) is 11.5 Å². The fourth-order valence-corrected chi connectivity index (χ4v) is 2.38. The van der Waals surface area contributed by atoms with Gasteiger partial charge < -0.3 is 27.1 Å². The van der Waals surface area contributed by atoms with Gasteiger partial charge in [0.2, 0.25) is 0 Å². The van der Waals surface area contributed by atoms with Crippen molar-refractivity contribution in [2.75, 3.05) is 7.11 Å². The maximum absolute atomic E-state index is 9.75. The number of ether oxygens (including phenoxy) is 1. The van der Waals surface area contributed by atoms with Gasteiger partial charge in [0.15, 0.2) is 11.5 Å². The maximum atomic E-state index is 9.75. The van der Waals surface area contributed by atoms with Crippen LogP contribution in [0.2, 0.25) is 0 Å². The molecule has 30 heavy (non-hydrogen) atoms. The molecule has 1 aromatic heterocycles. The molecule has 8 heteroatoms. The predicted octanol–water partition coefficient (Wildman–Crippen LogP) is 7.34. The highest BCUT2D eigenvalue weighted by atomic mass is 19.5. The minimum Gasteiger partial charge on any atom is -0.504 e. The van der Waals surface area contributed by atoms with Crippen LogP contribution in [0.3, 0.4) is 0 Å². The van der Waals surface area contributed by atoms with Crippen LogP contribution >= 0.6 is 0 Å². The van der Waals surface area contributed by atoms with Crippen molar-refractivity contribution >= 4 is 19.4 Å². The van der Waals surface area contributed by atoms with Crippen LogP contribution in [0.25, 0.3) is 12.2 Å². The summed E-state index contributed by atoms with van der Waals surface area (Å²) in [5, 5.41) is 9.70. The Balaban J connectivity index is 0.000000804. The Morgan fingerprint density at radius 1 is 0.900 bits per heavy atom. The lowest BCUT2D eigenvalue weighted by molar-refractivity contribution is 0.368. The second-order valence-corrected chi connectivity index (χ2v) is 8.87. The third-order valence-electron chi connectivity index (χ3n) is 4.06. The molecule has 0 radical (unpaired) electrons. The molecule has 0 atom stereocenters. The number of methoxy groups -OCH3 is 1. The lowest BCUT2D eigenvalue weighted by Crippen LogP contribution is -2.16. The number of halogens is 4. The smallest absolute Gasteiger partial charge is 0.504 e. The van der Waals surface area contributed by atoms with E-state index in [2.05, 4.69) is 53.7 Å². The molecule has 166 valence electrons. The molecule has 0 spiro atoms.